The summed E-state index contributed by atoms with van der Waals surface area (Å²) in [7, 11) is 4.34. The van der Waals surface area contributed by atoms with Crippen molar-refractivity contribution >= 4 is 0 Å². The molecule has 84 valence electrons. The van der Waals surface area contributed by atoms with Crippen molar-refractivity contribution in [1.82, 2.24) is 4.90 Å². The molecule has 0 radical (unpaired) electrons. The van der Waals surface area contributed by atoms with E-state index in [9.17, 15) is 0 Å². The van der Waals surface area contributed by atoms with Crippen LogP contribution < -0.4 is 0 Å². The van der Waals surface area contributed by atoms with Crippen LogP contribution in [0.15, 0.2) is 0 Å². The Balaban J connectivity index is 1.85. The summed E-state index contributed by atoms with van der Waals surface area (Å²) in [5.41, 5.74) is 0. The molecule has 1 aliphatic rings. The third-order valence-electron chi connectivity index (χ3n) is 3.43. The first-order valence-corrected chi connectivity index (χ1v) is 6.38. The maximum absolute atomic E-state index is 2.30. The highest BCUT2D eigenvalue weighted by Gasteiger charge is 2.34. The van der Waals surface area contributed by atoms with Gasteiger partial charge in [0, 0.05) is 0 Å². The second-order valence-corrected chi connectivity index (χ2v) is 5.20. The zero-order valence-electron chi connectivity index (χ0n) is 10.3. The lowest BCUT2D eigenvalue weighted by atomic mass is 10.1. The number of rotatable bonds is 8. The summed E-state index contributed by atoms with van der Waals surface area (Å²) < 4.78 is 0. The lowest BCUT2D eigenvalue weighted by Crippen LogP contribution is -2.12. The molecule has 0 bridgehead atoms. The van der Waals surface area contributed by atoms with Crippen LogP contribution in [0.25, 0.3) is 0 Å². The van der Waals surface area contributed by atoms with E-state index in [0.717, 1.165) is 11.8 Å². The molecule has 0 spiro atoms. The first-order chi connectivity index (χ1) is 6.74. The molecule has 14 heavy (non-hydrogen) atoms. The van der Waals surface area contributed by atoms with Gasteiger partial charge in [-0.05, 0) is 45.3 Å². The van der Waals surface area contributed by atoms with E-state index in [0.29, 0.717) is 0 Å². The SMILES string of the molecule is CCCCC1CC1CCCCN(C)C. The maximum atomic E-state index is 2.30. The van der Waals surface area contributed by atoms with Crippen molar-refractivity contribution in [2.45, 2.75) is 51.9 Å². The average Bonchev–Trinajstić information content (AvgIpc) is 2.88. The third-order valence-corrected chi connectivity index (χ3v) is 3.43. The van der Waals surface area contributed by atoms with Crippen LogP contribution in [0.1, 0.15) is 51.9 Å². The van der Waals surface area contributed by atoms with E-state index in [1.165, 1.54) is 45.1 Å². The molecule has 0 amide bonds. The Morgan fingerprint density at radius 3 is 2.21 bits per heavy atom. The summed E-state index contributed by atoms with van der Waals surface area (Å²) in [6.07, 6.45) is 10.2. The Labute approximate surface area is 89.9 Å². The number of hydrogen-bond donors (Lipinski definition) is 0. The van der Waals surface area contributed by atoms with E-state index in [1.807, 2.05) is 0 Å². The first-order valence-electron chi connectivity index (χ1n) is 6.38. The Hall–Kier alpha value is -0.0400. The minimum atomic E-state index is 1.11. The van der Waals surface area contributed by atoms with E-state index in [4.69, 9.17) is 0 Å². The van der Waals surface area contributed by atoms with E-state index >= 15 is 0 Å². The van der Waals surface area contributed by atoms with Crippen molar-refractivity contribution in [3.05, 3.63) is 0 Å². The largest absolute Gasteiger partial charge is 0.309 e. The van der Waals surface area contributed by atoms with Gasteiger partial charge in [0.2, 0.25) is 0 Å². The van der Waals surface area contributed by atoms with Crippen LogP contribution in [0.5, 0.6) is 0 Å². The summed E-state index contributed by atoms with van der Waals surface area (Å²) in [5.74, 6) is 2.23. The molecule has 1 rings (SSSR count). The minimum absolute atomic E-state index is 1.11. The zero-order chi connectivity index (χ0) is 10.4. The molecule has 1 nitrogen and oxygen atoms in total. The quantitative estimate of drug-likeness (QED) is 0.538. The van der Waals surface area contributed by atoms with Gasteiger partial charge in [-0.2, -0.15) is 0 Å². The summed E-state index contributed by atoms with van der Waals surface area (Å²) >= 11 is 0. The highest BCUT2D eigenvalue weighted by Crippen LogP contribution is 2.45. The lowest BCUT2D eigenvalue weighted by molar-refractivity contribution is 0.387. The van der Waals surface area contributed by atoms with E-state index in [-0.39, 0.29) is 0 Å². The maximum Gasteiger partial charge on any atom is -0.00248 e. The highest BCUT2D eigenvalue weighted by molar-refractivity contribution is 4.85. The predicted molar refractivity (Wildman–Crippen MR) is 63.5 cm³/mol. The fraction of sp³-hybridized carbons (Fsp3) is 1.00. The van der Waals surface area contributed by atoms with Gasteiger partial charge in [-0.25, -0.2) is 0 Å². The highest BCUT2D eigenvalue weighted by atomic mass is 15.0. The van der Waals surface area contributed by atoms with Crippen LogP contribution in [0.4, 0.5) is 0 Å². The van der Waals surface area contributed by atoms with E-state index < -0.39 is 0 Å². The Morgan fingerprint density at radius 1 is 1.00 bits per heavy atom. The molecule has 0 N–H and O–H groups in total. The van der Waals surface area contributed by atoms with Crippen LogP contribution in [0.3, 0.4) is 0 Å². The van der Waals surface area contributed by atoms with Crippen LogP contribution in [-0.2, 0) is 0 Å². The van der Waals surface area contributed by atoms with E-state index in [2.05, 4.69) is 25.9 Å². The standard InChI is InChI=1S/C13H27N/c1-4-5-8-12-11-13(12)9-6-7-10-14(2)3/h12-13H,4-11H2,1-3H3. The number of hydrogen-bond acceptors (Lipinski definition) is 1. The molecular formula is C13H27N. The molecule has 1 heteroatoms. The Morgan fingerprint density at radius 2 is 1.64 bits per heavy atom. The van der Waals surface area contributed by atoms with Crippen molar-refractivity contribution in [2.75, 3.05) is 20.6 Å². The third kappa shape index (κ3) is 4.99. The zero-order valence-corrected chi connectivity index (χ0v) is 10.3. The Kier molecular flexibility index (Phi) is 5.54. The molecule has 0 aromatic carbocycles. The topological polar surface area (TPSA) is 3.24 Å². The van der Waals surface area contributed by atoms with Crippen molar-refractivity contribution in [3.63, 3.8) is 0 Å². The van der Waals surface area contributed by atoms with E-state index in [1.54, 1.807) is 6.42 Å². The molecule has 2 atom stereocenters. The van der Waals surface area contributed by atoms with Gasteiger partial charge in [-0.1, -0.05) is 39.0 Å². The molecule has 0 aromatic rings. The molecule has 0 aromatic heterocycles. The number of nitrogens with zero attached hydrogens (tertiary/aromatic N) is 1. The van der Waals surface area contributed by atoms with Crippen LogP contribution in [-0.4, -0.2) is 25.5 Å². The molecule has 0 aliphatic heterocycles. The molecule has 1 fully saturated rings. The smallest absolute Gasteiger partial charge is 0.00248 e. The number of unbranched alkanes of at least 4 members (excludes halogenated alkanes) is 2. The van der Waals surface area contributed by atoms with Gasteiger partial charge < -0.3 is 4.90 Å². The van der Waals surface area contributed by atoms with Crippen molar-refractivity contribution in [2.24, 2.45) is 11.8 Å². The van der Waals surface area contributed by atoms with Gasteiger partial charge >= 0.3 is 0 Å². The van der Waals surface area contributed by atoms with Gasteiger partial charge in [0.25, 0.3) is 0 Å². The molecule has 1 aliphatic carbocycles. The molecule has 0 saturated heterocycles. The van der Waals surface area contributed by atoms with Crippen LogP contribution >= 0.6 is 0 Å². The summed E-state index contributed by atoms with van der Waals surface area (Å²) in [6, 6.07) is 0. The van der Waals surface area contributed by atoms with Gasteiger partial charge in [0.15, 0.2) is 0 Å². The molecule has 2 unspecified atom stereocenters. The molecule has 1 saturated carbocycles. The van der Waals surface area contributed by atoms with Crippen molar-refractivity contribution in [1.29, 1.82) is 0 Å². The van der Waals surface area contributed by atoms with Gasteiger partial charge in [-0.15, -0.1) is 0 Å². The molecule has 0 heterocycles. The van der Waals surface area contributed by atoms with Crippen LogP contribution in [0.2, 0.25) is 0 Å². The normalized spacial score (nSPS) is 25.7. The van der Waals surface area contributed by atoms with Crippen molar-refractivity contribution < 1.29 is 0 Å². The fourth-order valence-corrected chi connectivity index (χ4v) is 2.32. The van der Waals surface area contributed by atoms with Gasteiger partial charge in [-0.3, -0.25) is 0 Å². The fourth-order valence-electron chi connectivity index (χ4n) is 2.32. The van der Waals surface area contributed by atoms with Crippen molar-refractivity contribution in [3.8, 4) is 0 Å². The average molecular weight is 197 g/mol. The lowest BCUT2D eigenvalue weighted by Gasteiger charge is -2.08. The molecular weight excluding hydrogens is 170 g/mol. The first kappa shape index (κ1) is 12.0. The Bertz CT molecular complexity index is 142. The van der Waals surface area contributed by atoms with Crippen LogP contribution in [0, 0.1) is 11.8 Å². The monoisotopic (exact) mass is 197 g/mol. The van der Waals surface area contributed by atoms with Gasteiger partial charge in [0.1, 0.15) is 0 Å². The summed E-state index contributed by atoms with van der Waals surface area (Å²) in [5, 5.41) is 0. The van der Waals surface area contributed by atoms with Gasteiger partial charge in [0.05, 0.1) is 0 Å². The predicted octanol–water partition coefficient (Wildman–Crippen LogP) is 3.54. The minimum Gasteiger partial charge on any atom is -0.309 e. The second-order valence-electron chi connectivity index (χ2n) is 5.20. The summed E-state index contributed by atoms with van der Waals surface area (Å²) in [6.45, 7) is 3.57. The summed E-state index contributed by atoms with van der Waals surface area (Å²) in [4.78, 5) is 2.29. The second kappa shape index (κ2) is 6.44.